The summed E-state index contributed by atoms with van der Waals surface area (Å²) in [7, 11) is 0. The van der Waals surface area contributed by atoms with Crippen LogP contribution in [0.1, 0.15) is 6.92 Å². The van der Waals surface area contributed by atoms with E-state index < -0.39 is 10.7 Å². The largest absolute Gasteiger partial charge is 0.380 e. The van der Waals surface area contributed by atoms with Crippen LogP contribution in [0.25, 0.3) is 0 Å². The summed E-state index contributed by atoms with van der Waals surface area (Å²) < 4.78 is 13.2. The van der Waals surface area contributed by atoms with Crippen LogP contribution in [0.4, 0.5) is 15.8 Å². The lowest BCUT2D eigenvalue weighted by molar-refractivity contribution is -0.384. The maximum atomic E-state index is 13.0. The molecule has 1 N–H and O–H groups in total. The van der Waals surface area contributed by atoms with E-state index in [4.69, 9.17) is 0 Å². The Balaban J connectivity index is 3.24. The SMILES string of the molecule is CCNc1cc(Br)c(F)cc1[N+](=O)[O-]. The summed E-state index contributed by atoms with van der Waals surface area (Å²) in [6, 6.07) is 2.25. The summed E-state index contributed by atoms with van der Waals surface area (Å²) in [5.41, 5.74) is 0.0540. The van der Waals surface area contributed by atoms with E-state index >= 15 is 0 Å². The van der Waals surface area contributed by atoms with E-state index in [9.17, 15) is 14.5 Å². The lowest BCUT2D eigenvalue weighted by Crippen LogP contribution is -2.01. The average molecular weight is 263 g/mol. The maximum Gasteiger partial charge on any atom is 0.295 e. The lowest BCUT2D eigenvalue weighted by atomic mass is 10.2. The minimum Gasteiger partial charge on any atom is -0.380 e. The van der Waals surface area contributed by atoms with E-state index in [1.54, 1.807) is 6.92 Å². The van der Waals surface area contributed by atoms with Gasteiger partial charge >= 0.3 is 0 Å². The normalized spacial score (nSPS) is 9.93. The minimum absolute atomic E-state index is 0.207. The molecule has 0 saturated carbocycles. The summed E-state index contributed by atoms with van der Waals surface area (Å²) in [4.78, 5) is 9.93. The lowest BCUT2D eigenvalue weighted by Gasteiger charge is -2.05. The summed E-state index contributed by atoms with van der Waals surface area (Å²) in [5, 5.41) is 13.3. The van der Waals surface area contributed by atoms with Crippen LogP contribution in [0.5, 0.6) is 0 Å². The minimum atomic E-state index is -0.640. The molecule has 1 aromatic carbocycles. The summed E-state index contributed by atoms with van der Waals surface area (Å²) in [5.74, 6) is -0.640. The number of nitrogens with one attached hydrogen (secondary N) is 1. The number of anilines is 1. The molecule has 6 heteroatoms. The number of rotatable bonds is 3. The van der Waals surface area contributed by atoms with Gasteiger partial charge in [0.2, 0.25) is 0 Å². The fourth-order valence-electron chi connectivity index (χ4n) is 1.02. The van der Waals surface area contributed by atoms with Gasteiger partial charge in [0.25, 0.3) is 5.69 Å². The Morgan fingerprint density at radius 3 is 2.79 bits per heavy atom. The third kappa shape index (κ3) is 2.20. The van der Waals surface area contributed by atoms with Crippen LogP contribution in [0.2, 0.25) is 0 Å². The van der Waals surface area contributed by atoms with Crippen molar-refractivity contribution >= 4 is 27.3 Å². The van der Waals surface area contributed by atoms with Gasteiger partial charge in [0.05, 0.1) is 15.5 Å². The van der Waals surface area contributed by atoms with Crippen LogP contribution < -0.4 is 5.32 Å². The van der Waals surface area contributed by atoms with Gasteiger partial charge in [-0.3, -0.25) is 10.1 Å². The van der Waals surface area contributed by atoms with Crippen LogP contribution in [0.3, 0.4) is 0 Å². The van der Waals surface area contributed by atoms with Gasteiger partial charge in [0.15, 0.2) is 0 Å². The van der Waals surface area contributed by atoms with Crippen molar-refractivity contribution < 1.29 is 9.31 Å². The number of nitro groups is 1. The van der Waals surface area contributed by atoms with E-state index in [-0.39, 0.29) is 10.2 Å². The van der Waals surface area contributed by atoms with E-state index in [1.165, 1.54) is 6.07 Å². The molecule has 4 nitrogen and oxygen atoms in total. The number of nitrogens with zero attached hydrogens (tertiary/aromatic N) is 1. The van der Waals surface area contributed by atoms with E-state index in [1.807, 2.05) is 0 Å². The summed E-state index contributed by atoms with van der Waals surface area (Å²) in [6.07, 6.45) is 0. The van der Waals surface area contributed by atoms with Gasteiger partial charge in [-0.2, -0.15) is 0 Å². The van der Waals surface area contributed by atoms with Crippen molar-refractivity contribution in [1.82, 2.24) is 0 Å². The van der Waals surface area contributed by atoms with Gasteiger partial charge in [-0.15, -0.1) is 0 Å². The first-order chi connectivity index (χ1) is 6.56. The zero-order chi connectivity index (χ0) is 10.7. The highest BCUT2D eigenvalue weighted by Crippen LogP contribution is 2.30. The van der Waals surface area contributed by atoms with Gasteiger partial charge in [-0.05, 0) is 28.9 Å². The standard InChI is InChI=1S/C8H8BrFN2O2/c1-2-11-7-3-5(9)6(10)4-8(7)12(13)14/h3-4,11H,2H2,1H3. The number of hydrogen-bond donors (Lipinski definition) is 1. The van der Waals surface area contributed by atoms with Crippen molar-refractivity contribution in [2.75, 3.05) is 11.9 Å². The quantitative estimate of drug-likeness (QED) is 0.673. The molecule has 0 aliphatic carbocycles. The van der Waals surface area contributed by atoms with Gasteiger partial charge in [-0.1, -0.05) is 0 Å². The molecule has 1 aromatic rings. The number of nitro benzene ring substituents is 1. The summed E-state index contributed by atoms with van der Waals surface area (Å²) >= 11 is 2.96. The number of benzene rings is 1. The fraction of sp³-hybridized carbons (Fsp3) is 0.250. The van der Waals surface area contributed by atoms with Crippen molar-refractivity contribution in [3.63, 3.8) is 0 Å². The highest BCUT2D eigenvalue weighted by Gasteiger charge is 2.16. The van der Waals surface area contributed by atoms with Crippen LogP contribution >= 0.6 is 15.9 Å². The fourth-order valence-corrected chi connectivity index (χ4v) is 1.36. The Hall–Kier alpha value is -1.17. The van der Waals surface area contributed by atoms with E-state index in [0.717, 1.165) is 6.07 Å². The molecule has 0 radical (unpaired) electrons. The van der Waals surface area contributed by atoms with Gasteiger partial charge < -0.3 is 5.32 Å². The molecule has 0 saturated heterocycles. The molecule has 0 heterocycles. The zero-order valence-electron chi connectivity index (χ0n) is 7.38. The van der Waals surface area contributed by atoms with Crippen LogP contribution in [0.15, 0.2) is 16.6 Å². The highest BCUT2D eigenvalue weighted by atomic mass is 79.9. The highest BCUT2D eigenvalue weighted by molar-refractivity contribution is 9.10. The van der Waals surface area contributed by atoms with Crippen LogP contribution in [-0.4, -0.2) is 11.5 Å². The molecule has 0 aliphatic rings. The Labute approximate surface area is 88.4 Å². The van der Waals surface area contributed by atoms with E-state index in [0.29, 0.717) is 12.2 Å². The molecule has 0 fully saturated rings. The first-order valence-corrected chi connectivity index (χ1v) is 4.73. The second kappa shape index (κ2) is 4.36. The zero-order valence-corrected chi connectivity index (χ0v) is 8.97. The van der Waals surface area contributed by atoms with Crippen molar-refractivity contribution in [2.24, 2.45) is 0 Å². The molecule has 0 aliphatic heterocycles. The third-order valence-corrected chi connectivity index (χ3v) is 2.21. The molecule has 0 atom stereocenters. The van der Waals surface area contributed by atoms with Crippen molar-refractivity contribution in [3.05, 3.63) is 32.5 Å². The number of hydrogen-bond acceptors (Lipinski definition) is 3. The molecule has 1 rings (SSSR count). The predicted molar refractivity (Wildman–Crippen MR) is 54.9 cm³/mol. The Kier molecular flexibility index (Phi) is 3.40. The van der Waals surface area contributed by atoms with Crippen molar-refractivity contribution in [1.29, 1.82) is 0 Å². The van der Waals surface area contributed by atoms with Gasteiger partial charge in [0.1, 0.15) is 11.5 Å². The van der Waals surface area contributed by atoms with Crippen LogP contribution in [0, 0.1) is 15.9 Å². The van der Waals surface area contributed by atoms with Gasteiger partial charge in [0, 0.05) is 6.54 Å². The maximum absolute atomic E-state index is 13.0. The molecular weight excluding hydrogens is 255 g/mol. The Morgan fingerprint density at radius 2 is 2.29 bits per heavy atom. The Bertz CT molecular complexity index is 371. The first-order valence-electron chi connectivity index (χ1n) is 3.93. The third-order valence-electron chi connectivity index (χ3n) is 1.60. The summed E-state index contributed by atoms with van der Waals surface area (Å²) in [6.45, 7) is 2.35. The predicted octanol–water partition coefficient (Wildman–Crippen LogP) is 2.93. The molecule has 0 aromatic heterocycles. The second-order valence-electron chi connectivity index (χ2n) is 2.57. The smallest absolute Gasteiger partial charge is 0.295 e. The molecule has 76 valence electrons. The molecule has 0 bridgehead atoms. The van der Waals surface area contributed by atoms with Crippen molar-refractivity contribution in [2.45, 2.75) is 6.92 Å². The molecule has 0 spiro atoms. The second-order valence-corrected chi connectivity index (χ2v) is 3.43. The molecular formula is C8H8BrFN2O2. The number of halogens is 2. The molecule has 14 heavy (non-hydrogen) atoms. The average Bonchev–Trinajstić information content (AvgIpc) is 2.11. The molecule has 0 amide bonds. The van der Waals surface area contributed by atoms with Crippen molar-refractivity contribution in [3.8, 4) is 0 Å². The Morgan fingerprint density at radius 1 is 1.64 bits per heavy atom. The monoisotopic (exact) mass is 262 g/mol. The topological polar surface area (TPSA) is 55.2 Å². The first kappa shape index (κ1) is 10.9. The van der Waals surface area contributed by atoms with Crippen LogP contribution in [-0.2, 0) is 0 Å². The van der Waals surface area contributed by atoms with Gasteiger partial charge in [-0.25, -0.2) is 4.39 Å². The molecule has 0 unspecified atom stereocenters. The van der Waals surface area contributed by atoms with E-state index in [2.05, 4.69) is 21.2 Å².